The van der Waals surface area contributed by atoms with Crippen molar-refractivity contribution in [3.8, 4) is 0 Å². The van der Waals surface area contributed by atoms with Crippen LogP contribution in [-0.4, -0.2) is 69.9 Å². The van der Waals surface area contributed by atoms with E-state index in [1.54, 1.807) is 19.9 Å². The quantitative estimate of drug-likeness (QED) is 0.271. The third kappa shape index (κ3) is 6.38. The molecule has 1 saturated carbocycles. The molecule has 2 aromatic rings. The number of Topliss-reactive ketones (excluding diaryl/α,β-unsaturated/α-hetero) is 1. The van der Waals surface area contributed by atoms with Crippen molar-refractivity contribution in [1.82, 2.24) is 9.88 Å². The fourth-order valence-electron chi connectivity index (χ4n) is 5.87. The van der Waals surface area contributed by atoms with E-state index in [0.29, 0.717) is 43.0 Å². The number of amides is 1. The van der Waals surface area contributed by atoms with Crippen LogP contribution >= 0.6 is 0 Å². The number of carbonyl (C=O) groups excluding carboxylic acids is 2. The number of carbonyl (C=O) groups is 2. The Balaban J connectivity index is 1.75. The number of halogens is 5. The predicted octanol–water partition coefficient (Wildman–Crippen LogP) is 5.00. The lowest BCUT2D eigenvalue weighted by molar-refractivity contribution is -0.911. The molecule has 2 aliphatic rings. The van der Waals surface area contributed by atoms with Gasteiger partial charge in [-0.1, -0.05) is 5.10 Å². The molecule has 1 atom stereocenters. The molecule has 0 saturated heterocycles. The van der Waals surface area contributed by atoms with E-state index < -0.39 is 64.5 Å². The van der Waals surface area contributed by atoms with Gasteiger partial charge < -0.3 is 10.0 Å². The molecule has 7 nitrogen and oxygen atoms in total. The molecule has 1 N–H and O–H groups in total. The maximum absolute atomic E-state index is 14.7. The van der Waals surface area contributed by atoms with Crippen LogP contribution < -0.4 is 0 Å². The number of aryl methyl sites for hydroxylation is 2. The summed E-state index contributed by atoms with van der Waals surface area (Å²) in [5.74, 6) is -3.58. The van der Waals surface area contributed by atoms with Gasteiger partial charge in [-0.25, -0.2) is 8.78 Å². The van der Waals surface area contributed by atoms with Crippen molar-refractivity contribution in [1.29, 1.82) is 0 Å². The van der Waals surface area contributed by atoms with E-state index in [1.807, 2.05) is 0 Å². The molecule has 41 heavy (non-hydrogen) atoms. The van der Waals surface area contributed by atoms with Crippen molar-refractivity contribution in [3.63, 3.8) is 0 Å². The molecule has 1 aliphatic heterocycles. The van der Waals surface area contributed by atoms with Gasteiger partial charge in [0.1, 0.15) is 29.5 Å². The summed E-state index contributed by atoms with van der Waals surface area (Å²) in [6, 6.07) is 3.55. The van der Waals surface area contributed by atoms with Crippen molar-refractivity contribution in [2.24, 2.45) is 11.0 Å². The van der Waals surface area contributed by atoms with Crippen molar-refractivity contribution in [3.05, 3.63) is 75.8 Å². The molecular weight excluding hydrogens is 547 g/mol. The Morgan fingerprint density at radius 2 is 1.71 bits per heavy atom. The van der Waals surface area contributed by atoms with Gasteiger partial charge in [0.25, 0.3) is 11.6 Å². The molecule has 12 heteroatoms. The highest BCUT2D eigenvalue weighted by Gasteiger charge is 2.58. The molecule has 0 radical (unpaired) electrons. The van der Waals surface area contributed by atoms with Gasteiger partial charge in [-0.3, -0.25) is 14.6 Å². The molecule has 220 valence electrons. The zero-order valence-electron chi connectivity index (χ0n) is 23.0. The highest BCUT2D eigenvalue weighted by molar-refractivity contribution is 6.14. The van der Waals surface area contributed by atoms with Crippen LogP contribution in [0.5, 0.6) is 0 Å². The smallest absolute Gasteiger partial charge is 0.396 e. The Hall–Kier alpha value is -3.51. The standard InChI is InChI=1S/C29H32F5N4O3/c1-17-8-9-35-18(2)26(17)25(40)15-37(14-20-10-21(30)12-22(31)11-20)28(41)24-13-36-38(3,27(24)29(32,33)34)23-6-4-19(16-39)5-7-23/h8-13,19,23,39H,4-7,14-16H2,1-3H3/q+1. The first kappa shape index (κ1) is 30.4. The molecule has 1 unspecified atom stereocenters. The van der Waals surface area contributed by atoms with E-state index in [-0.39, 0.29) is 23.7 Å². The minimum atomic E-state index is -4.94. The summed E-state index contributed by atoms with van der Waals surface area (Å²) in [6.45, 7) is 2.03. The number of ketones is 1. The maximum Gasteiger partial charge on any atom is 0.470 e. The molecule has 1 amide bonds. The van der Waals surface area contributed by atoms with Gasteiger partial charge in [-0.05, 0) is 61.9 Å². The number of aromatic nitrogens is 1. The van der Waals surface area contributed by atoms with Crippen LogP contribution in [0.1, 0.15) is 52.9 Å². The fourth-order valence-corrected chi connectivity index (χ4v) is 5.87. The van der Waals surface area contributed by atoms with Crippen LogP contribution in [0.25, 0.3) is 0 Å². The SMILES string of the molecule is Cc1ccnc(C)c1C(=O)CN(Cc1cc(F)cc(F)c1)C(=O)C1=C(C(F)(F)F)[N+](C)(C2CCC(CO)CC2)N=C1. The number of benzene rings is 1. The second kappa shape index (κ2) is 11.8. The summed E-state index contributed by atoms with van der Waals surface area (Å²) < 4.78 is 71.0. The number of hydrogen-bond acceptors (Lipinski definition) is 5. The van der Waals surface area contributed by atoms with E-state index in [4.69, 9.17) is 0 Å². The second-order valence-corrected chi connectivity index (χ2v) is 10.8. The minimum Gasteiger partial charge on any atom is -0.396 e. The Kier molecular flexibility index (Phi) is 8.74. The summed E-state index contributed by atoms with van der Waals surface area (Å²) in [4.78, 5) is 32.2. The predicted molar refractivity (Wildman–Crippen MR) is 140 cm³/mol. The van der Waals surface area contributed by atoms with Gasteiger partial charge in [0, 0.05) is 49.5 Å². The van der Waals surface area contributed by atoms with E-state index in [2.05, 4.69) is 10.1 Å². The first-order chi connectivity index (χ1) is 19.2. The number of aliphatic hydroxyl groups excluding tert-OH is 1. The van der Waals surface area contributed by atoms with Crippen LogP contribution in [0.15, 0.2) is 46.8 Å². The van der Waals surface area contributed by atoms with Crippen LogP contribution in [-0.2, 0) is 11.3 Å². The number of quaternary nitrogens is 1. The van der Waals surface area contributed by atoms with Crippen LogP contribution in [0.3, 0.4) is 0 Å². The van der Waals surface area contributed by atoms with E-state index >= 15 is 0 Å². The molecule has 4 rings (SSSR count). The van der Waals surface area contributed by atoms with Gasteiger partial charge in [0.05, 0.1) is 13.6 Å². The largest absolute Gasteiger partial charge is 0.470 e. The highest BCUT2D eigenvalue weighted by atomic mass is 19.4. The normalized spacial score (nSPS) is 22.8. The first-order valence-electron chi connectivity index (χ1n) is 13.3. The molecular formula is C29H32F5N4O3+. The lowest BCUT2D eigenvalue weighted by Crippen LogP contribution is -2.51. The highest BCUT2D eigenvalue weighted by Crippen LogP contribution is 2.44. The van der Waals surface area contributed by atoms with E-state index in [9.17, 15) is 36.6 Å². The fraction of sp³-hybridized carbons (Fsp3) is 0.448. The monoisotopic (exact) mass is 579 g/mol. The third-order valence-corrected chi connectivity index (χ3v) is 7.96. The maximum atomic E-state index is 14.7. The van der Waals surface area contributed by atoms with Crippen molar-refractivity contribution in [2.45, 2.75) is 58.3 Å². The van der Waals surface area contributed by atoms with E-state index in [0.717, 1.165) is 23.2 Å². The van der Waals surface area contributed by atoms with Gasteiger partial charge in [-0.15, -0.1) is 0 Å². The topological polar surface area (TPSA) is 82.9 Å². The Labute approximate surface area is 234 Å². The minimum absolute atomic E-state index is 0.00333. The second-order valence-electron chi connectivity index (χ2n) is 10.8. The number of alkyl halides is 3. The Morgan fingerprint density at radius 1 is 1.07 bits per heavy atom. The van der Waals surface area contributed by atoms with Crippen molar-refractivity contribution >= 4 is 17.9 Å². The number of hydrogen-bond donors (Lipinski definition) is 1. The summed E-state index contributed by atoms with van der Waals surface area (Å²) in [7, 11) is 1.29. The van der Waals surface area contributed by atoms with Crippen molar-refractivity contribution in [2.75, 3.05) is 20.2 Å². The van der Waals surface area contributed by atoms with Gasteiger partial charge in [-0.2, -0.15) is 17.8 Å². The molecule has 1 aromatic carbocycles. The summed E-state index contributed by atoms with van der Waals surface area (Å²) in [5, 5.41) is 13.6. The van der Waals surface area contributed by atoms with Gasteiger partial charge in [0.15, 0.2) is 5.78 Å². The zero-order chi connectivity index (χ0) is 30.1. The number of pyridine rings is 1. The Bertz CT molecular complexity index is 1360. The number of nitrogens with zero attached hydrogens (tertiary/aromatic N) is 4. The summed E-state index contributed by atoms with van der Waals surface area (Å²) in [5.41, 5.74) is -0.777. The number of aliphatic hydroxyl groups is 1. The van der Waals surface area contributed by atoms with Crippen molar-refractivity contribution < 1.29 is 41.2 Å². The lowest BCUT2D eigenvalue weighted by Gasteiger charge is -2.39. The molecule has 0 spiro atoms. The molecule has 1 aromatic heterocycles. The number of rotatable bonds is 8. The Morgan fingerprint density at radius 3 is 2.27 bits per heavy atom. The zero-order valence-corrected chi connectivity index (χ0v) is 23.0. The average Bonchev–Trinajstić information content (AvgIpc) is 3.26. The van der Waals surface area contributed by atoms with Crippen LogP contribution in [0.4, 0.5) is 22.0 Å². The number of allylic oxidation sites excluding steroid dienone is 1. The molecule has 1 aliphatic carbocycles. The van der Waals surface area contributed by atoms with E-state index in [1.165, 1.54) is 13.2 Å². The summed E-state index contributed by atoms with van der Waals surface area (Å²) in [6.07, 6.45) is -0.783. The average molecular weight is 580 g/mol. The lowest BCUT2D eigenvalue weighted by atomic mass is 9.85. The third-order valence-electron chi connectivity index (χ3n) is 7.96. The van der Waals surface area contributed by atoms with Crippen LogP contribution in [0.2, 0.25) is 0 Å². The molecule has 0 bridgehead atoms. The summed E-state index contributed by atoms with van der Waals surface area (Å²) >= 11 is 0. The first-order valence-corrected chi connectivity index (χ1v) is 13.3. The molecule has 1 fully saturated rings. The van der Waals surface area contributed by atoms with Gasteiger partial charge >= 0.3 is 6.18 Å². The molecule has 2 heterocycles. The van der Waals surface area contributed by atoms with Gasteiger partial charge in [0.2, 0.25) is 0 Å². The van der Waals surface area contributed by atoms with Crippen LogP contribution in [0, 0.1) is 31.4 Å².